The second-order valence-corrected chi connectivity index (χ2v) is 9.13. The van der Waals surface area contributed by atoms with Crippen molar-refractivity contribution in [3.8, 4) is 0 Å². The molecule has 2 aliphatic rings. The number of piperidine rings is 1. The number of halogens is 2. The third-order valence-corrected chi connectivity index (χ3v) is 7.13. The van der Waals surface area contributed by atoms with Crippen molar-refractivity contribution in [2.75, 3.05) is 25.4 Å². The van der Waals surface area contributed by atoms with Gasteiger partial charge in [-0.25, -0.2) is 18.6 Å². The predicted octanol–water partition coefficient (Wildman–Crippen LogP) is 3.79. The van der Waals surface area contributed by atoms with Gasteiger partial charge in [0.1, 0.15) is 17.9 Å². The smallest absolute Gasteiger partial charge is 0.410 e. The number of aromatic nitrogens is 2. The van der Waals surface area contributed by atoms with Crippen molar-refractivity contribution in [1.29, 1.82) is 0 Å². The summed E-state index contributed by atoms with van der Waals surface area (Å²) in [4.78, 5) is 35.5. The number of aromatic amines is 1. The van der Waals surface area contributed by atoms with E-state index in [4.69, 9.17) is 4.74 Å². The number of imidazole rings is 1. The Balaban J connectivity index is 1.31. The summed E-state index contributed by atoms with van der Waals surface area (Å²) in [5.74, 6) is -0.942. The van der Waals surface area contributed by atoms with Crippen LogP contribution in [0.25, 0.3) is 11.0 Å². The minimum atomic E-state index is -0.734. The molecule has 0 radical (unpaired) electrons. The molecule has 4 rings (SSSR count). The topological polar surface area (TPSA) is 78.5 Å². The minimum absolute atomic E-state index is 0.0435. The van der Waals surface area contributed by atoms with Crippen LogP contribution in [0.15, 0.2) is 17.3 Å². The number of fused-ring (bicyclic) bond motifs is 1. The van der Waals surface area contributed by atoms with Crippen molar-refractivity contribution < 1.29 is 23.1 Å². The van der Waals surface area contributed by atoms with Crippen molar-refractivity contribution in [2.45, 2.75) is 50.4 Å². The van der Waals surface area contributed by atoms with Crippen LogP contribution in [-0.4, -0.2) is 69.3 Å². The molecule has 2 aliphatic heterocycles. The van der Waals surface area contributed by atoms with Gasteiger partial charge in [-0.2, -0.15) is 0 Å². The molecular formula is C21H26F2N4O3S. The number of carbonyl (C=O) groups excluding carboxylic acids is 2. The number of cyclic esters (lactones) is 1. The average molecular weight is 453 g/mol. The van der Waals surface area contributed by atoms with E-state index in [0.29, 0.717) is 43.6 Å². The first-order valence-corrected chi connectivity index (χ1v) is 11.6. The lowest BCUT2D eigenvalue weighted by molar-refractivity contribution is -0.129. The molecule has 2 saturated heterocycles. The molecule has 2 fully saturated rings. The molecule has 1 aromatic heterocycles. The maximum atomic E-state index is 13.8. The van der Waals surface area contributed by atoms with E-state index in [1.165, 1.54) is 6.07 Å². The summed E-state index contributed by atoms with van der Waals surface area (Å²) in [5, 5.41) is 0.374. The van der Waals surface area contributed by atoms with Crippen molar-refractivity contribution in [3.05, 3.63) is 23.8 Å². The Hall–Kier alpha value is -2.36. The Morgan fingerprint density at radius 1 is 1.35 bits per heavy atom. The van der Waals surface area contributed by atoms with E-state index < -0.39 is 11.6 Å². The molecule has 31 heavy (non-hydrogen) atoms. The van der Waals surface area contributed by atoms with Crippen LogP contribution >= 0.6 is 11.8 Å². The van der Waals surface area contributed by atoms with Gasteiger partial charge in [0, 0.05) is 25.2 Å². The van der Waals surface area contributed by atoms with Crippen molar-refractivity contribution >= 4 is 34.8 Å². The van der Waals surface area contributed by atoms with Crippen LogP contribution in [0.5, 0.6) is 0 Å². The molecule has 2 atom stereocenters. The maximum absolute atomic E-state index is 13.8. The molecular weight excluding hydrogens is 426 g/mol. The van der Waals surface area contributed by atoms with E-state index >= 15 is 0 Å². The predicted molar refractivity (Wildman–Crippen MR) is 113 cm³/mol. The highest BCUT2D eigenvalue weighted by molar-refractivity contribution is 7.99. The lowest BCUT2D eigenvalue weighted by atomic mass is 9.95. The summed E-state index contributed by atoms with van der Waals surface area (Å²) in [6, 6.07) is 2.14. The number of benzene rings is 1. The van der Waals surface area contributed by atoms with Gasteiger partial charge in [-0.3, -0.25) is 9.69 Å². The number of rotatable bonds is 6. The number of hydrogen-bond donors (Lipinski definition) is 1. The highest BCUT2D eigenvalue weighted by atomic mass is 32.2. The lowest BCUT2D eigenvalue weighted by Gasteiger charge is -2.39. The van der Waals surface area contributed by atoms with E-state index in [2.05, 4.69) is 23.8 Å². The van der Waals surface area contributed by atoms with Gasteiger partial charge < -0.3 is 14.6 Å². The molecule has 0 aliphatic carbocycles. The lowest BCUT2D eigenvalue weighted by Crippen LogP contribution is -2.51. The van der Waals surface area contributed by atoms with Crippen LogP contribution in [0.2, 0.25) is 0 Å². The first-order valence-electron chi connectivity index (χ1n) is 10.6. The zero-order valence-corrected chi connectivity index (χ0v) is 18.4. The Morgan fingerprint density at radius 2 is 2.10 bits per heavy atom. The van der Waals surface area contributed by atoms with E-state index in [0.717, 1.165) is 24.2 Å². The normalized spacial score (nSPS) is 21.0. The first-order chi connectivity index (χ1) is 14.9. The number of thioether (sulfide) groups is 1. The van der Waals surface area contributed by atoms with Crippen LogP contribution < -0.4 is 0 Å². The molecule has 7 nitrogen and oxygen atoms in total. The number of nitrogens with zero attached hydrogens (tertiary/aromatic N) is 3. The molecule has 1 aromatic carbocycles. The third-order valence-electron chi connectivity index (χ3n) is 6.27. The fourth-order valence-corrected chi connectivity index (χ4v) is 5.06. The SMILES string of the molecule is CCC(C)C1COC(=O)N1C1CCN(C(=O)CSc2nc3c(F)cc(F)cc3[nH]2)CC1. The highest BCUT2D eigenvalue weighted by Crippen LogP contribution is 2.29. The highest BCUT2D eigenvalue weighted by Gasteiger charge is 2.41. The van der Waals surface area contributed by atoms with Crippen LogP contribution in [0.3, 0.4) is 0 Å². The summed E-state index contributed by atoms with van der Waals surface area (Å²) in [7, 11) is 0. The van der Waals surface area contributed by atoms with Gasteiger partial charge in [-0.1, -0.05) is 32.0 Å². The Kier molecular flexibility index (Phi) is 6.36. The number of H-pyrrole nitrogens is 1. The van der Waals surface area contributed by atoms with Crippen LogP contribution in [0.1, 0.15) is 33.1 Å². The molecule has 2 amide bonds. The number of hydrogen-bond acceptors (Lipinski definition) is 5. The monoisotopic (exact) mass is 452 g/mol. The molecule has 3 heterocycles. The standard InChI is InChI=1S/C21H26F2N4O3S/c1-3-12(2)17-10-30-21(29)27(17)14-4-6-26(7-5-14)18(28)11-31-20-24-16-9-13(22)8-15(23)19(16)25-20/h8-9,12,14,17H,3-7,10-11H2,1-2H3,(H,24,25). The number of likely N-dealkylation sites (tertiary alicyclic amines) is 1. The molecule has 0 bridgehead atoms. The van der Waals surface area contributed by atoms with Crippen LogP contribution in [-0.2, 0) is 9.53 Å². The largest absolute Gasteiger partial charge is 0.447 e. The van der Waals surface area contributed by atoms with Crippen molar-refractivity contribution in [1.82, 2.24) is 19.8 Å². The van der Waals surface area contributed by atoms with Gasteiger partial charge in [-0.15, -0.1) is 0 Å². The van der Waals surface area contributed by atoms with Crippen LogP contribution in [0.4, 0.5) is 13.6 Å². The zero-order chi connectivity index (χ0) is 22.1. The summed E-state index contributed by atoms with van der Waals surface area (Å²) in [6.45, 7) is 5.82. The number of amides is 2. The van der Waals surface area contributed by atoms with Gasteiger partial charge in [0.2, 0.25) is 5.91 Å². The minimum Gasteiger partial charge on any atom is -0.447 e. The fourth-order valence-electron chi connectivity index (χ4n) is 4.28. The molecule has 10 heteroatoms. The van der Waals surface area contributed by atoms with Crippen LogP contribution in [0, 0.1) is 17.6 Å². The number of carbonyl (C=O) groups is 2. The third kappa shape index (κ3) is 4.49. The summed E-state index contributed by atoms with van der Waals surface area (Å²) in [6.07, 6.45) is 2.16. The number of ether oxygens (including phenoxy) is 1. The van der Waals surface area contributed by atoms with Crippen molar-refractivity contribution in [2.24, 2.45) is 5.92 Å². The second-order valence-electron chi connectivity index (χ2n) is 8.16. The Morgan fingerprint density at radius 3 is 2.81 bits per heavy atom. The van der Waals surface area contributed by atoms with Gasteiger partial charge >= 0.3 is 6.09 Å². The molecule has 0 saturated carbocycles. The number of nitrogens with one attached hydrogen (secondary N) is 1. The Labute approximate surface area is 183 Å². The molecule has 2 aromatic rings. The molecule has 2 unspecified atom stereocenters. The van der Waals surface area contributed by atoms with E-state index in [-0.39, 0.29) is 40.9 Å². The summed E-state index contributed by atoms with van der Waals surface area (Å²) < 4.78 is 32.4. The fraction of sp³-hybridized carbons (Fsp3) is 0.571. The average Bonchev–Trinajstić information content (AvgIpc) is 3.35. The van der Waals surface area contributed by atoms with Gasteiger partial charge in [-0.05, 0) is 24.8 Å². The Bertz CT molecular complexity index is 977. The van der Waals surface area contributed by atoms with Gasteiger partial charge in [0.15, 0.2) is 11.0 Å². The molecule has 1 N–H and O–H groups in total. The first kappa shape index (κ1) is 21.9. The van der Waals surface area contributed by atoms with E-state index in [1.807, 2.05) is 4.90 Å². The second kappa shape index (κ2) is 9.02. The molecule has 168 valence electrons. The molecule has 0 spiro atoms. The van der Waals surface area contributed by atoms with E-state index in [9.17, 15) is 18.4 Å². The van der Waals surface area contributed by atoms with Gasteiger partial charge in [0.25, 0.3) is 0 Å². The zero-order valence-electron chi connectivity index (χ0n) is 17.6. The summed E-state index contributed by atoms with van der Waals surface area (Å²) >= 11 is 1.16. The quantitative estimate of drug-likeness (QED) is 0.675. The maximum Gasteiger partial charge on any atom is 0.410 e. The van der Waals surface area contributed by atoms with Gasteiger partial charge in [0.05, 0.1) is 17.3 Å². The summed E-state index contributed by atoms with van der Waals surface area (Å²) in [5.41, 5.74) is 0.326. The van der Waals surface area contributed by atoms with E-state index in [1.54, 1.807) is 4.90 Å². The van der Waals surface area contributed by atoms with Crippen molar-refractivity contribution in [3.63, 3.8) is 0 Å².